The summed E-state index contributed by atoms with van der Waals surface area (Å²) < 4.78 is 27.5. The van der Waals surface area contributed by atoms with E-state index in [0.717, 1.165) is 6.42 Å². The second-order valence-corrected chi connectivity index (χ2v) is 5.97. The van der Waals surface area contributed by atoms with Gasteiger partial charge in [0.25, 0.3) is 0 Å². The smallest absolute Gasteiger partial charge is 0.436 e. The van der Waals surface area contributed by atoms with Crippen LogP contribution in [0.3, 0.4) is 0 Å². The van der Waals surface area contributed by atoms with Crippen molar-refractivity contribution in [1.82, 2.24) is 0 Å². The van der Waals surface area contributed by atoms with E-state index < -0.39 is 15.8 Å². The predicted molar refractivity (Wildman–Crippen MR) is 85.2 cm³/mol. The van der Waals surface area contributed by atoms with Crippen molar-refractivity contribution in [3.8, 4) is 0 Å². The van der Waals surface area contributed by atoms with E-state index in [4.69, 9.17) is 22.8 Å². The largest absolute Gasteiger partial charge is 0.577 e. The van der Waals surface area contributed by atoms with Crippen LogP contribution >= 0.6 is 0 Å². The molecule has 22 heavy (non-hydrogen) atoms. The first-order chi connectivity index (χ1) is 10.6. The highest BCUT2D eigenvalue weighted by atomic mass is 28.3. The Morgan fingerprint density at radius 3 is 2.05 bits per heavy atom. The highest BCUT2D eigenvalue weighted by Gasteiger charge is 2.20. The van der Waals surface area contributed by atoms with Gasteiger partial charge in [-0.1, -0.05) is 20.8 Å². The minimum absolute atomic E-state index is 0.0129. The van der Waals surface area contributed by atoms with Gasteiger partial charge in [0, 0.05) is 32.7 Å². The van der Waals surface area contributed by atoms with E-state index in [1.54, 1.807) is 6.92 Å². The Morgan fingerprint density at radius 2 is 1.59 bits per heavy atom. The number of ether oxygens (including phenoxy) is 2. The lowest BCUT2D eigenvalue weighted by Crippen LogP contribution is -2.30. The summed E-state index contributed by atoms with van der Waals surface area (Å²) in [6, 6.07) is 0. The molecule has 0 spiro atoms. The molecule has 0 amide bonds. The summed E-state index contributed by atoms with van der Waals surface area (Å²) in [5, 5.41) is 0. The summed E-state index contributed by atoms with van der Waals surface area (Å²) >= 11 is 0. The Kier molecular flexibility index (Phi) is 13.8. The third-order valence-electron chi connectivity index (χ3n) is 2.87. The Balaban J connectivity index is 4.14. The monoisotopic (exact) mass is 335 g/mol. The molecule has 1 radical (unpaired) electrons. The summed E-state index contributed by atoms with van der Waals surface area (Å²) in [5.74, 6) is -0.240. The van der Waals surface area contributed by atoms with Crippen LogP contribution in [0.2, 0.25) is 0 Å². The molecule has 0 bridgehead atoms. The van der Waals surface area contributed by atoms with Gasteiger partial charge in [0.05, 0.1) is 6.10 Å². The lowest BCUT2D eigenvalue weighted by Gasteiger charge is -2.23. The first-order valence-electron chi connectivity index (χ1n) is 8.21. The van der Waals surface area contributed by atoms with E-state index in [2.05, 4.69) is 0 Å². The maximum absolute atomic E-state index is 11.3. The van der Waals surface area contributed by atoms with Crippen molar-refractivity contribution in [3.63, 3.8) is 0 Å². The first kappa shape index (κ1) is 21.5. The molecule has 0 saturated heterocycles. The molecule has 2 atom stereocenters. The minimum Gasteiger partial charge on any atom is -0.436 e. The summed E-state index contributed by atoms with van der Waals surface area (Å²) in [5.41, 5.74) is 0. The lowest BCUT2D eigenvalue weighted by molar-refractivity contribution is -0.191. The average molecular weight is 335 g/mol. The van der Waals surface area contributed by atoms with Gasteiger partial charge >= 0.3 is 15.5 Å². The molecule has 0 N–H and O–H groups in total. The Bertz CT molecular complexity index is 271. The minimum atomic E-state index is -1.65. The SMILES string of the molecule is CCO[Si](OCC)OCCC(CC)OC(CC)OC(=O)CC. The number of carbonyl (C=O) groups is 1. The van der Waals surface area contributed by atoms with Gasteiger partial charge < -0.3 is 22.8 Å². The van der Waals surface area contributed by atoms with Crippen molar-refractivity contribution in [2.75, 3.05) is 19.8 Å². The van der Waals surface area contributed by atoms with Crippen molar-refractivity contribution < 1.29 is 27.5 Å². The van der Waals surface area contributed by atoms with E-state index in [1.807, 2.05) is 27.7 Å². The van der Waals surface area contributed by atoms with E-state index in [0.29, 0.717) is 39.1 Å². The van der Waals surface area contributed by atoms with Gasteiger partial charge in [0.15, 0.2) is 0 Å². The topological polar surface area (TPSA) is 63.2 Å². The van der Waals surface area contributed by atoms with E-state index >= 15 is 0 Å². The number of rotatable bonds is 14. The van der Waals surface area contributed by atoms with E-state index in [9.17, 15) is 4.79 Å². The zero-order valence-corrected chi connectivity index (χ0v) is 15.6. The molecule has 2 unspecified atom stereocenters. The summed E-state index contributed by atoms with van der Waals surface area (Å²) in [4.78, 5) is 11.3. The second kappa shape index (κ2) is 14.1. The van der Waals surface area contributed by atoms with Crippen LogP contribution in [0.15, 0.2) is 0 Å². The number of hydrogen-bond acceptors (Lipinski definition) is 6. The van der Waals surface area contributed by atoms with Crippen LogP contribution in [-0.4, -0.2) is 47.7 Å². The Hall–Kier alpha value is -0.473. The molecule has 0 aliphatic carbocycles. The fourth-order valence-electron chi connectivity index (χ4n) is 1.65. The van der Waals surface area contributed by atoms with Gasteiger partial charge in [0.2, 0.25) is 6.29 Å². The molecule has 0 saturated carbocycles. The van der Waals surface area contributed by atoms with Gasteiger partial charge in [-0.15, -0.1) is 0 Å². The normalized spacial score (nSPS) is 14.1. The molecule has 6 nitrogen and oxygen atoms in total. The van der Waals surface area contributed by atoms with Gasteiger partial charge in [0.1, 0.15) is 0 Å². The zero-order valence-electron chi connectivity index (χ0n) is 14.6. The van der Waals surface area contributed by atoms with Crippen LogP contribution in [-0.2, 0) is 27.5 Å². The van der Waals surface area contributed by atoms with Crippen molar-refractivity contribution in [2.24, 2.45) is 0 Å². The highest BCUT2D eigenvalue weighted by molar-refractivity contribution is 6.36. The van der Waals surface area contributed by atoms with Crippen molar-refractivity contribution in [2.45, 2.75) is 72.7 Å². The first-order valence-corrected chi connectivity index (χ1v) is 9.43. The molecule has 0 aromatic heterocycles. The van der Waals surface area contributed by atoms with Crippen LogP contribution in [0.1, 0.15) is 60.3 Å². The van der Waals surface area contributed by atoms with Crippen molar-refractivity contribution in [3.05, 3.63) is 0 Å². The zero-order chi connectivity index (χ0) is 16.8. The van der Waals surface area contributed by atoms with Crippen LogP contribution in [0.4, 0.5) is 0 Å². The number of hydrogen-bond donors (Lipinski definition) is 0. The second-order valence-electron chi connectivity index (χ2n) is 4.60. The molecular formula is C15H31O6Si. The quantitative estimate of drug-likeness (QED) is 0.276. The standard InChI is InChI=1S/C15H31O6Si/c1-6-13(20-15(8-3)21-14(16)7-2)11-12-19-22(17-9-4)18-10-5/h13,15H,6-12H2,1-5H3. The highest BCUT2D eigenvalue weighted by Crippen LogP contribution is 2.12. The van der Waals surface area contributed by atoms with Crippen LogP contribution in [0.5, 0.6) is 0 Å². The molecule has 131 valence electrons. The molecule has 0 heterocycles. The van der Waals surface area contributed by atoms with Crippen molar-refractivity contribution >= 4 is 15.5 Å². The van der Waals surface area contributed by atoms with Gasteiger partial charge in [-0.25, -0.2) is 0 Å². The van der Waals surface area contributed by atoms with Gasteiger partial charge in [-0.05, 0) is 26.7 Å². The van der Waals surface area contributed by atoms with E-state index in [-0.39, 0.29) is 12.1 Å². The Morgan fingerprint density at radius 1 is 0.955 bits per heavy atom. The number of esters is 1. The molecule has 0 aliphatic rings. The Labute approximate surface area is 136 Å². The molecule has 0 fully saturated rings. The van der Waals surface area contributed by atoms with Crippen LogP contribution in [0.25, 0.3) is 0 Å². The van der Waals surface area contributed by atoms with Crippen LogP contribution < -0.4 is 0 Å². The molecule has 0 aromatic rings. The van der Waals surface area contributed by atoms with Crippen molar-refractivity contribution in [1.29, 1.82) is 0 Å². The molecule has 0 aromatic carbocycles. The van der Waals surface area contributed by atoms with Crippen LogP contribution in [0, 0.1) is 0 Å². The lowest BCUT2D eigenvalue weighted by atomic mass is 10.2. The maximum Gasteiger partial charge on any atom is 0.577 e. The predicted octanol–water partition coefficient (Wildman–Crippen LogP) is 2.94. The molecule has 7 heteroatoms. The molecule has 0 rings (SSSR count). The van der Waals surface area contributed by atoms with Gasteiger partial charge in [-0.3, -0.25) is 4.79 Å². The molecular weight excluding hydrogens is 304 g/mol. The maximum atomic E-state index is 11.3. The average Bonchev–Trinajstić information content (AvgIpc) is 2.52. The van der Waals surface area contributed by atoms with Gasteiger partial charge in [-0.2, -0.15) is 0 Å². The fraction of sp³-hybridized carbons (Fsp3) is 0.933. The number of carbonyl (C=O) groups excluding carboxylic acids is 1. The molecule has 0 aliphatic heterocycles. The summed E-state index contributed by atoms with van der Waals surface area (Å²) in [6.07, 6.45) is 2.03. The summed E-state index contributed by atoms with van der Waals surface area (Å²) in [6.45, 7) is 11.2. The van der Waals surface area contributed by atoms with E-state index in [1.165, 1.54) is 0 Å². The fourth-order valence-corrected chi connectivity index (χ4v) is 2.66. The summed E-state index contributed by atoms with van der Waals surface area (Å²) in [7, 11) is -1.65. The third kappa shape index (κ3) is 10.3. The third-order valence-corrected chi connectivity index (χ3v) is 4.36.